The van der Waals surface area contributed by atoms with Gasteiger partial charge in [0.2, 0.25) is 0 Å². The van der Waals surface area contributed by atoms with Crippen LogP contribution in [0.5, 0.6) is 5.75 Å². The number of alkyl halides is 2. The number of halogens is 2. The monoisotopic (exact) mass is 291 g/mol. The molecule has 0 spiro atoms. The third kappa shape index (κ3) is 4.27. The van der Waals surface area contributed by atoms with E-state index in [-0.39, 0.29) is 11.7 Å². The summed E-state index contributed by atoms with van der Waals surface area (Å²) in [4.78, 5) is 12.0. The van der Waals surface area contributed by atoms with Gasteiger partial charge in [-0.05, 0) is 36.2 Å². The topological polar surface area (TPSA) is 38.3 Å². The molecule has 0 radical (unpaired) electrons. The number of hydrogen-bond acceptors (Lipinski definition) is 2. The summed E-state index contributed by atoms with van der Waals surface area (Å²) in [6.45, 7) is -0.648. The van der Waals surface area contributed by atoms with Crippen molar-refractivity contribution < 1.29 is 18.3 Å². The van der Waals surface area contributed by atoms with Crippen LogP contribution in [0.1, 0.15) is 21.5 Å². The van der Waals surface area contributed by atoms with Crippen molar-refractivity contribution in [3.8, 4) is 5.75 Å². The van der Waals surface area contributed by atoms with E-state index >= 15 is 0 Å². The molecule has 0 saturated carbocycles. The molecule has 0 atom stereocenters. The molecule has 2 aromatic carbocycles. The summed E-state index contributed by atoms with van der Waals surface area (Å²) in [6, 6.07) is 13.5. The highest BCUT2D eigenvalue weighted by molar-refractivity contribution is 5.95. The van der Waals surface area contributed by atoms with Crippen LogP contribution < -0.4 is 10.1 Å². The van der Waals surface area contributed by atoms with Crippen LogP contribution in [0.3, 0.4) is 0 Å². The average Bonchev–Trinajstić information content (AvgIpc) is 2.46. The second kappa shape index (κ2) is 6.83. The maximum atomic E-state index is 12.0. The number of amides is 1. The number of carbonyl (C=O) groups excluding carboxylic acids is 1. The lowest BCUT2D eigenvalue weighted by Gasteiger charge is -2.08. The number of nitrogens with one attached hydrogen (secondary N) is 1. The van der Waals surface area contributed by atoms with Crippen molar-refractivity contribution in [2.45, 2.75) is 20.1 Å². The fourth-order valence-corrected chi connectivity index (χ4v) is 1.89. The first-order valence-electron chi connectivity index (χ1n) is 6.44. The number of benzene rings is 2. The Bertz CT molecular complexity index is 612. The minimum absolute atomic E-state index is 0.0963. The Morgan fingerprint density at radius 2 is 1.81 bits per heavy atom. The van der Waals surface area contributed by atoms with Crippen molar-refractivity contribution in [2.24, 2.45) is 0 Å². The van der Waals surface area contributed by atoms with E-state index in [1.807, 2.05) is 19.1 Å². The molecule has 3 nitrogen and oxygen atoms in total. The molecule has 1 amide bonds. The van der Waals surface area contributed by atoms with E-state index < -0.39 is 6.61 Å². The van der Waals surface area contributed by atoms with E-state index in [2.05, 4.69) is 10.1 Å². The van der Waals surface area contributed by atoms with E-state index in [1.54, 1.807) is 24.3 Å². The molecule has 21 heavy (non-hydrogen) atoms. The van der Waals surface area contributed by atoms with E-state index in [0.29, 0.717) is 12.1 Å². The highest BCUT2D eigenvalue weighted by Crippen LogP contribution is 2.15. The molecule has 0 aromatic heterocycles. The largest absolute Gasteiger partial charge is 0.435 e. The first-order chi connectivity index (χ1) is 10.1. The number of carbonyl (C=O) groups is 1. The van der Waals surface area contributed by atoms with Gasteiger partial charge in [0, 0.05) is 12.1 Å². The molecule has 0 aliphatic heterocycles. The molecular weight excluding hydrogens is 276 g/mol. The summed E-state index contributed by atoms with van der Waals surface area (Å²) in [6.07, 6.45) is 0. The van der Waals surface area contributed by atoms with Crippen LogP contribution in [0.25, 0.3) is 0 Å². The third-order valence-corrected chi connectivity index (χ3v) is 2.99. The molecule has 110 valence electrons. The maximum Gasteiger partial charge on any atom is 0.387 e. The Hall–Kier alpha value is -2.43. The van der Waals surface area contributed by atoms with Crippen molar-refractivity contribution in [2.75, 3.05) is 0 Å². The lowest BCUT2D eigenvalue weighted by atomic mass is 10.1. The van der Waals surface area contributed by atoms with Gasteiger partial charge in [0.25, 0.3) is 5.91 Å². The number of hydrogen-bond donors (Lipinski definition) is 1. The van der Waals surface area contributed by atoms with Crippen LogP contribution >= 0.6 is 0 Å². The first-order valence-corrected chi connectivity index (χ1v) is 6.44. The van der Waals surface area contributed by atoms with Crippen LogP contribution in [-0.4, -0.2) is 12.5 Å². The van der Waals surface area contributed by atoms with Gasteiger partial charge in [-0.2, -0.15) is 8.78 Å². The zero-order chi connectivity index (χ0) is 15.2. The van der Waals surface area contributed by atoms with Gasteiger partial charge in [-0.15, -0.1) is 0 Å². The SMILES string of the molecule is Cc1ccccc1C(=O)NCc1ccc(OC(F)F)cc1. The van der Waals surface area contributed by atoms with Crippen molar-refractivity contribution >= 4 is 5.91 Å². The zero-order valence-electron chi connectivity index (χ0n) is 11.5. The van der Waals surface area contributed by atoms with Gasteiger partial charge in [0.15, 0.2) is 0 Å². The molecule has 0 saturated heterocycles. The van der Waals surface area contributed by atoms with E-state index in [0.717, 1.165) is 11.1 Å². The van der Waals surface area contributed by atoms with Crippen LogP contribution in [-0.2, 0) is 6.54 Å². The standard InChI is InChI=1S/C16H15F2NO2/c1-11-4-2-3-5-14(11)15(20)19-10-12-6-8-13(9-7-12)21-16(17)18/h2-9,16H,10H2,1H3,(H,19,20). The summed E-state index contributed by atoms with van der Waals surface area (Å²) >= 11 is 0. The fraction of sp³-hybridized carbons (Fsp3) is 0.188. The molecule has 0 bridgehead atoms. The summed E-state index contributed by atoms with van der Waals surface area (Å²) in [5.74, 6) is -0.0695. The Morgan fingerprint density at radius 3 is 2.43 bits per heavy atom. The van der Waals surface area contributed by atoms with Crippen LogP contribution in [0, 0.1) is 6.92 Å². The predicted molar refractivity (Wildman–Crippen MR) is 75.4 cm³/mol. The number of ether oxygens (including phenoxy) is 1. The van der Waals surface area contributed by atoms with Crippen molar-refractivity contribution in [1.82, 2.24) is 5.32 Å². The number of aryl methyl sites for hydroxylation is 1. The summed E-state index contributed by atoms with van der Waals surface area (Å²) in [7, 11) is 0. The molecule has 5 heteroatoms. The normalized spacial score (nSPS) is 10.5. The van der Waals surface area contributed by atoms with Gasteiger partial charge in [-0.3, -0.25) is 4.79 Å². The highest BCUT2D eigenvalue weighted by Gasteiger charge is 2.08. The van der Waals surface area contributed by atoms with Crippen LogP contribution in [0.4, 0.5) is 8.78 Å². The van der Waals surface area contributed by atoms with Gasteiger partial charge in [-0.25, -0.2) is 0 Å². The van der Waals surface area contributed by atoms with Gasteiger partial charge < -0.3 is 10.1 Å². The predicted octanol–water partition coefficient (Wildman–Crippen LogP) is 3.53. The molecule has 0 unspecified atom stereocenters. The molecule has 0 heterocycles. The second-order valence-corrected chi connectivity index (χ2v) is 4.52. The zero-order valence-corrected chi connectivity index (χ0v) is 11.5. The van der Waals surface area contributed by atoms with E-state index in [9.17, 15) is 13.6 Å². The summed E-state index contributed by atoms with van der Waals surface area (Å²) < 4.78 is 28.3. The molecule has 2 rings (SSSR count). The Kier molecular flexibility index (Phi) is 4.87. The maximum absolute atomic E-state index is 12.0. The van der Waals surface area contributed by atoms with E-state index in [1.165, 1.54) is 12.1 Å². The minimum atomic E-state index is -2.84. The minimum Gasteiger partial charge on any atom is -0.435 e. The van der Waals surface area contributed by atoms with Gasteiger partial charge in [0.05, 0.1) is 0 Å². The Labute approximate surface area is 121 Å². The first kappa shape index (κ1) is 15.0. The van der Waals surface area contributed by atoms with Crippen LogP contribution in [0.2, 0.25) is 0 Å². The Morgan fingerprint density at radius 1 is 1.14 bits per heavy atom. The van der Waals surface area contributed by atoms with Gasteiger partial charge in [0.1, 0.15) is 5.75 Å². The lowest BCUT2D eigenvalue weighted by molar-refractivity contribution is -0.0498. The third-order valence-electron chi connectivity index (χ3n) is 2.99. The average molecular weight is 291 g/mol. The lowest BCUT2D eigenvalue weighted by Crippen LogP contribution is -2.23. The van der Waals surface area contributed by atoms with Crippen molar-refractivity contribution in [3.63, 3.8) is 0 Å². The fourth-order valence-electron chi connectivity index (χ4n) is 1.89. The number of rotatable bonds is 5. The smallest absolute Gasteiger partial charge is 0.387 e. The van der Waals surface area contributed by atoms with Crippen LogP contribution in [0.15, 0.2) is 48.5 Å². The Balaban J connectivity index is 1.94. The summed E-state index contributed by atoms with van der Waals surface area (Å²) in [5, 5.41) is 2.79. The summed E-state index contributed by atoms with van der Waals surface area (Å²) in [5.41, 5.74) is 2.32. The second-order valence-electron chi connectivity index (χ2n) is 4.52. The molecular formula is C16H15F2NO2. The highest BCUT2D eigenvalue weighted by atomic mass is 19.3. The molecule has 0 aliphatic rings. The van der Waals surface area contributed by atoms with Crippen molar-refractivity contribution in [1.29, 1.82) is 0 Å². The van der Waals surface area contributed by atoms with Crippen molar-refractivity contribution in [3.05, 3.63) is 65.2 Å². The van der Waals surface area contributed by atoms with Gasteiger partial charge in [-0.1, -0.05) is 30.3 Å². The molecule has 2 aromatic rings. The molecule has 0 aliphatic carbocycles. The van der Waals surface area contributed by atoms with Gasteiger partial charge >= 0.3 is 6.61 Å². The molecule has 1 N–H and O–H groups in total. The molecule has 0 fully saturated rings. The quantitative estimate of drug-likeness (QED) is 0.915. The van der Waals surface area contributed by atoms with E-state index in [4.69, 9.17) is 0 Å².